The third-order valence-corrected chi connectivity index (χ3v) is 2.09. The fourth-order valence-electron chi connectivity index (χ4n) is 1.07. The van der Waals surface area contributed by atoms with E-state index in [0.29, 0.717) is 0 Å². The lowest BCUT2D eigenvalue weighted by Crippen LogP contribution is -2.04. The predicted molar refractivity (Wildman–Crippen MR) is 44.1 cm³/mol. The molecule has 3 heteroatoms. The highest BCUT2D eigenvalue weighted by molar-refractivity contribution is 5.24. The number of aromatic nitrogens is 1. The number of nitrogens with zero attached hydrogens (tertiary/aromatic N) is 1. The highest BCUT2D eigenvalue weighted by atomic mass is 16.6. The SMILES string of the molecule is COc1ccc(C2(C)CO2)nc1. The number of methoxy groups -OCH3 is 1. The highest BCUT2D eigenvalue weighted by Gasteiger charge is 2.42. The summed E-state index contributed by atoms with van der Waals surface area (Å²) in [7, 11) is 1.63. The van der Waals surface area contributed by atoms with Gasteiger partial charge in [-0.2, -0.15) is 0 Å². The molecule has 64 valence electrons. The Morgan fingerprint density at radius 3 is 2.75 bits per heavy atom. The molecule has 0 aromatic carbocycles. The van der Waals surface area contributed by atoms with E-state index in [1.54, 1.807) is 13.3 Å². The number of pyridine rings is 1. The van der Waals surface area contributed by atoms with Crippen molar-refractivity contribution < 1.29 is 9.47 Å². The van der Waals surface area contributed by atoms with Crippen molar-refractivity contribution in [3.8, 4) is 5.75 Å². The number of hydrogen-bond donors (Lipinski definition) is 0. The van der Waals surface area contributed by atoms with E-state index in [4.69, 9.17) is 9.47 Å². The predicted octanol–water partition coefficient (Wildman–Crippen LogP) is 1.34. The molecule has 2 heterocycles. The van der Waals surface area contributed by atoms with Crippen LogP contribution in [0.3, 0.4) is 0 Å². The van der Waals surface area contributed by atoms with Crippen molar-refractivity contribution in [1.29, 1.82) is 0 Å². The average molecular weight is 165 g/mol. The third-order valence-electron chi connectivity index (χ3n) is 2.09. The standard InChI is InChI=1S/C9H11NO2/c1-9(6-12-9)8-4-3-7(11-2)5-10-8/h3-5H,6H2,1-2H3. The normalized spacial score (nSPS) is 26.8. The topological polar surface area (TPSA) is 34.6 Å². The lowest BCUT2D eigenvalue weighted by atomic mass is 10.1. The van der Waals surface area contributed by atoms with Crippen molar-refractivity contribution in [2.45, 2.75) is 12.5 Å². The van der Waals surface area contributed by atoms with Gasteiger partial charge in [-0.15, -0.1) is 0 Å². The summed E-state index contributed by atoms with van der Waals surface area (Å²) in [6.45, 7) is 2.80. The maximum atomic E-state index is 5.25. The van der Waals surface area contributed by atoms with Crippen LogP contribution in [0.5, 0.6) is 5.75 Å². The van der Waals surface area contributed by atoms with Crippen LogP contribution >= 0.6 is 0 Å². The Labute approximate surface area is 71.3 Å². The number of hydrogen-bond acceptors (Lipinski definition) is 3. The molecule has 0 bridgehead atoms. The van der Waals surface area contributed by atoms with E-state index >= 15 is 0 Å². The smallest absolute Gasteiger partial charge is 0.137 e. The molecule has 3 nitrogen and oxygen atoms in total. The molecule has 0 saturated carbocycles. The zero-order valence-electron chi connectivity index (χ0n) is 7.20. The van der Waals surface area contributed by atoms with Gasteiger partial charge in [-0.25, -0.2) is 0 Å². The van der Waals surface area contributed by atoms with E-state index in [-0.39, 0.29) is 5.60 Å². The van der Waals surface area contributed by atoms with Gasteiger partial charge in [-0.1, -0.05) is 0 Å². The van der Waals surface area contributed by atoms with Crippen LogP contribution in [0, 0.1) is 0 Å². The van der Waals surface area contributed by atoms with Crippen LogP contribution in [0.25, 0.3) is 0 Å². The van der Waals surface area contributed by atoms with Crippen molar-refractivity contribution in [2.75, 3.05) is 13.7 Å². The van der Waals surface area contributed by atoms with Crippen LogP contribution in [-0.2, 0) is 10.3 Å². The summed E-state index contributed by atoms with van der Waals surface area (Å²) >= 11 is 0. The van der Waals surface area contributed by atoms with Crippen LogP contribution in [-0.4, -0.2) is 18.7 Å². The molecule has 1 aliphatic heterocycles. The molecule has 0 spiro atoms. The Morgan fingerprint density at radius 2 is 2.33 bits per heavy atom. The molecule has 12 heavy (non-hydrogen) atoms. The van der Waals surface area contributed by atoms with Crippen molar-refractivity contribution in [1.82, 2.24) is 4.98 Å². The zero-order chi connectivity index (χ0) is 8.60. The molecule has 0 radical (unpaired) electrons. The van der Waals surface area contributed by atoms with Gasteiger partial charge in [-0.3, -0.25) is 4.98 Å². The van der Waals surface area contributed by atoms with Gasteiger partial charge in [0.25, 0.3) is 0 Å². The molecule has 2 rings (SSSR count). The summed E-state index contributed by atoms with van der Waals surface area (Å²) in [5.74, 6) is 0.781. The Hall–Kier alpha value is -1.09. The Balaban J connectivity index is 2.25. The van der Waals surface area contributed by atoms with Crippen molar-refractivity contribution in [3.05, 3.63) is 24.0 Å². The van der Waals surface area contributed by atoms with Crippen molar-refractivity contribution in [3.63, 3.8) is 0 Å². The first-order chi connectivity index (χ1) is 5.74. The van der Waals surface area contributed by atoms with Crippen LogP contribution in [0.4, 0.5) is 0 Å². The van der Waals surface area contributed by atoms with Gasteiger partial charge < -0.3 is 9.47 Å². The fourth-order valence-corrected chi connectivity index (χ4v) is 1.07. The maximum absolute atomic E-state index is 5.25. The molecular weight excluding hydrogens is 154 g/mol. The first kappa shape index (κ1) is 7.55. The molecule has 1 aromatic rings. The van der Waals surface area contributed by atoms with E-state index in [0.717, 1.165) is 18.1 Å². The largest absolute Gasteiger partial charge is 0.495 e. The van der Waals surface area contributed by atoms with Gasteiger partial charge in [0.15, 0.2) is 0 Å². The third kappa shape index (κ3) is 1.16. The zero-order valence-corrected chi connectivity index (χ0v) is 7.20. The molecule has 1 aliphatic rings. The quantitative estimate of drug-likeness (QED) is 0.620. The summed E-state index contributed by atoms with van der Waals surface area (Å²) in [6, 6.07) is 3.83. The molecular formula is C9H11NO2. The Morgan fingerprint density at radius 1 is 1.58 bits per heavy atom. The summed E-state index contributed by atoms with van der Waals surface area (Å²) < 4.78 is 10.3. The maximum Gasteiger partial charge on any atom is 0.137 e. The van der Waals surface area contributed by atoms with Crippen LogP contribution in [0.15, 0.2) is 18.3 Å². The second-order valence-electron chi connectivity index (χ2n) is 3.10. The molecule has 1 fully saturated rings. The summed E-state index contributed by atoms with van der Waals surface area (Å²) in [5.41, 5.74) is 0.843. The second-order valence-corrected chi connectivity index (χ2v) is 3.10. The van der Waals surface area contributed by atoms with Gasteiger partial charge >= 0.3 is 0 Å². The molecule has 1 atom stereocenters. The highest BCUT2D eigenvalue weighted by Crippen LogP contribution is 2.36. The monoisotopic (exact) mass is 165 g/mol. The van der Waals surface area contributed by atoms with Gasteiger partial charge in [0.1, 0.15) is 11.4 Å². The number of epoxide rings is 1. The van der Waals surface area contributed by atoms with E-state index in [2.05, 4.69) is 4.98 Å². The number of rotatable bonds is 2. The first-order valence-corrected chi connectivity index (χ1v) is 3.89. The average Bonchev–Trinajstić information content (AvgIpc) is 2.85. The van der Waals surface area contributed by atoms with Crippen molar-refractivity contribution >= 4 is 0 Å². The number of ether oxygens (including phenoxy) is 2. The summed E-state index contributed by atoms with van der Waals surface area (Å²) in [4.78, 5) is 4.23. The Kier molecular flexibility index (Phi) is 1.54. The second kappa shape index (κ2) is 2.45. The van der Waals surface area contributed by atoms with Crippen LogP contribution in [0.2, 0.25) is 0 Å². The minimum Gasteiger partial charge on any atom is -0.495 e. The van der Waals surface area contributed by atoms with Gasteiger partial charge in [0.2, 0.25) is 0 Å². The lowest BCUT2D eigenvalue weighted by molar-refractivity contribution is 0.323. The molecule has 0 amide bonds. The summed E-state index contributed by atoms with van der Waals surface area (Å²) in [5, 5.41) is 0. The van der Waals surface area contributed by atoms with E-state index in [1.807, 2.05) is 19.1 Å². The van der Waals surface area contributed by atoms with E-state index < -0.39 is 0 Å². The fraction of sp³-hybridized carbons (Fsp3) is 0.444. The first-order valence-electron chi connectivity index (χ1n) is 3.89. The molecule has 1 aromatic heterocycles. The van der Waals surface area contributed by atoms with E-state index in [9.17, 15) is 0 Å². The van der Waals surface area contributed by atoms with E-state index in [1.165, 1.54) is 0 Å². The minimum atomic E-state index is -0.133. The molecule has 1 unspecified atom stereocenters. The van der Waals surface area contributed by atoms with Gasteiger partial charge in [0, 0.05) is 0 Å². The summed E-state index contributed by atoms with van der Waals surface area (Å²) in [6.07, 6.45) is 1.71. The van der Waals surface area contributed by atoms with Crippen molar-refractivity contribution in [2.24, 2.45) is 0 Å². The molecule has 0 N–H and O–H groups in total. The van der Waals surface area contributed by atoms with Crippen LogP contribution < -0.4 is 4.74 Å². The van der Waals surface area contributed by atoms with Crippen LogP contribution in [0.1, 0.15) is 12.6 Å². The van der Waals surface area contributed by atoms with Gasteiger partial charge in [0.05, 0.1) is 25.6 Å². The lowest BCUT2D eigenvalue weighted by Gasteiger charge is -2.04. The van der Waals surface area contributed by atoms with Gasteiger partial charge in [-0.05, 0) is 19.1 Å². The molecule has 0 aliphatic carbocycles. The Bertz CT molecular complexity index is 277. The minimum absolute atomic E-state index is 0.133. The molecule has 1 saturated heterocycles.